The van der Waals surface area contributed by atoms with Gasteiger partial charge in [0.25, 0.3) is 0 Å². The van der Waals surface area contributed by atoms with Crippen LogP contribution in [-0.4, -0.2) is 10.2 Å². The van der Waals surface area contributed by atoms with Gasteiger partial charge in [-0.3, -0.25) is 0 Å². The largest absolute Gasteiger partial charge is 0.355 e. The van der Waals surface area contributed by atoms with Crippen molar-refractivity contribution < 1.29 is 0 Å². The number of nitriles is 1. The van der Waals surface area contributed by atoms with Crippen LogP contribution < -0.4 is 5.32 Å². The molecule has 0 saturated heterocycles. The molecule has 0 aliphatic carbocycles. The molecule has 0 amide bonds. The molecule has 0 aromatic carbocycles. The van der Waals surface area contributed by atoms with Gasteiger partial charge in [-0.15, -0.1) is 21.5 Å². The summed E-state index contributed by atoms with van der Waals surface area (Å²) in [6, 6.07) is 3.97. The number of rotatable bonds is 3. The number of nitrogens with zero attached hydrogens (tertiary/aromatic N) is 3. The average Bonchev–Trinajstić information content (AvgIpc) is 2.86. The minimum Gasteiger partial charge on any atom is -0.355 e. The Hall–Kier alpha value is -1.45. The second-order valence-electron chi connectivity index (χ2n) is 2.51. The molecule has 0 spiro atoms. The Bertz CT molecular complexity index is 440. The molecule has 0 aliphatic rings. The van der Waals surface area contributed by atoms with Crippen LogP contribution in [0.1, 0.15) is 10.4 Å². The van der Waals surface area contributed by atoms with Crippen molar-refractivity contribution in [2.45, 2.75) is 6.54 Å². The lowest BCUT2D eigenvalue weighted by Gasteiger charge is -1.96. The summed E-state index contributed by atoms with van der Waals surface area (Å²) in [7, 11) is 0. The third-order valence-electron chi connectivity index (χ3n) is 1.56. The van der Waals surface area contributed by atoms with Crippen LogP contribution in [0.5, 0.6) is 0 Å². The number of anilines is 1. The number of aromatic nitrogens is 2. The summed E-state index contributed by atoms with van der Waals surface area (Å²) < 4.78 is 0. The summed E-state index contributed by atoms with van der Waals surface area (Å²) in [4.78, 5) is 1.12. The maximum absolute atomic E-state index is 8.62. The van der Waals surface area contributed by atoms with E-state index in [1.54, 1.807) is 16.8 Å². The quantitative estimate of drug-likeness (QED) is 0.863. The van der Waals surface area contributed by atoms with E-state index in [2.05, 4.69) is 21.6 Å². The van der Waals surface area contributed by atoms with Crippen molar-refractivity contribution >= 4 is 27.8 Å². The van der Waals surface area contributed by atoms with Crippen LogP contribution in [0.15, 0.2) is 17.0 Å². The van der Waals surface area contributed by atoms with Crippen LogP contribution in [0.25, 0.3) is 0 Å². The minimum absolute atomic E-state index is 0.696. The van der Waals surface area contributed by atoms with E-state index >= 15 is 0 Å². The number of hydrogen-bond donors (Lipinski definition) is 1. The topological polar surface area (TPSA) is 61.6 Å². The van der Waals surface area contributed by atoms with E-state index in [1.807, 2.05) is 11.4 Å². The van der Waals surface area contributed by atoms with E-state index in [1.165, 1.54) is 11.3 Å². The molecule has 4 nitrogen and oxygen atoms in total. The van der Waals surface area contributed by atoms with Crippen LogP contribution in [0, 0.1) is 11.3 Å². The van der Waals surface area contributed by atoms with Gasteiger partial charge in [-0.1, -0.05) is 11.3 Å². The summed E-state index contributed by atoms with van der Waals surface area (Å²) in [6.07, 6.45) is 0. The van der Waals surface area contributed by atoms with Crippen molar-refractivity contribution in [3.8, 4) is 6.07 Å². The fourth-order valence-corrected chi connectivity index (χ4v) is 2.14. The third-order valence-corrected chi connectivity index (χ3v) is 3.14. The Labute approximate surface area is 88.8 Å². The van der Waals surface area contributed by atoms with Gasteiger partial charge in [0.15, 0.2) is 0 Å². The molecule has 2 heterocycles. The van der Waals surface area contributed by atoms with Crippen LogP contribution >= 0.6 is 22.7 Å². The Kier molecular flexibility index (Phi) is 2.72. The highest BCUT2D eigenvalue weighted by molar-refractivity contribution is 7.13. The fraction of sp³-hybridized carbons (Fsp3) is 0.125. The van der Waals surface area contributed by atoms with Crippen LogP contribution in [0.3, 0.4) is 0 Å². The van der Waals surface area contributed by atoms with Gasteiger partial charge in [-0.2, -0.15) is 5.26 Å². The molecule has 1 N–H and O–H groups in total. The first kappa shape index (κ1) is 9.12. The maximum Gasteiger partial charge on any atom is 0.205 e. The zero-order valence-electron chi connectivity index (χ0n) is 7.10. The van der Waals surface area contributed by atoms with Crippen molar-refractivity contribution in [1.82, 2.24) is 10.2 Å². The Morgan fingerprint density at radius 2 is 2.43 bits per heavy atom. The molecular weight excluding hydrogens is 216 g/mol. The highest BCUT2D eigenvalue weighted by Crippen LogP contribution is 2.16. The molecule has 0 saturated carbocycles. The Balaban J connectivity index is 1.96. The number of nitrogens with one attached hydrogen (secondary N) is 1. The van der Waals surface area contributed by atoms with E-state index in [-0.39, 0.29) is 0 Å². The molecule has 0 bridgehead atoms. The standard InChI is InChI=1S/C8H6N4S2/c9-2-6-1-7(13-4-6)3-10-8-12-11-5-14-8/h1,4-5H,3H2,(H,10,12). The Morgan fingerprint density at radius 3 is 3.07 bits per heavy atom. The lowest BCUT2D eigenvalue weighted by atomic mass is 10.3. The highest BCUT2D eigenvalue weighted by atomic mass is 32.1. The van der Waals surface area contributed by atoms with Crippen LogP contribution in [0.2, 0.25) is 0 Å². The average molecular weight is 222 g/mol. The van der Waals surface area contributed by atoms with E-state index in [0.29, 0.717) is 12.1 Å². The van der Waals surface area contributed by atoms with Gasteiger partial charge < -0.3 is 5.32 Å². The second-order valence-corrected chi connectivity index (χ2v) is 4.34. The smallest absolute Gasteiger partial charge is 0.205 e. The molecule has 2 aromatic heterocycles. The molecule has 70 valence electrons. The van der Waals surface area contributed by atoms with Crippen LogP contribution in [0.4, 0.5) is 5.13 Å². The predicted molar refractivity (Wildman–Crippen MR) is 56.3 cm³/mol. The normalized spacial score (nSPS) is 9.64. The van der Waals surface area contributed by atoms with E-state index in [4.69, 9.17) is 5.26 Å². The van der Waals surface area contributed by atoms with Crippen molar-refractivity contribution in [3.05, 3.63) is 27.4 Å². The molecule has 0 fully saturated rings. The molecule has 14 heavy (non-hydrogen) atoms. The van der Waals surface area contributed by atoms with Gasteiger partial charge >= 0.3 is 0 Å². The van der Waals surface area contributed by atoms with E-state index in [9.17, 15) is 0 Å². The first-order chi connectivity index (χ1) is 6.88. The van der Waals surface area contributed by atoms with E-state index < -0.39 is 0 Å². The molecule has 0 unspecified atom stereocenters. The van der Waals surface area contributed by atoms with Gasteiger partial charge in [0, 0.05) is 10.3 Å². The second kappa shape index (κ2) is 4.17. The molecule has 6 heteroatoms. The number of hydrogen-bond acceptors (Lipinski definition) is 6. The molecule has 0 radical (unpaired) electrons. The van der Waals surface area contributed by atoms with Gasteiger partial charge in [-0.25, -0.2) is 0 Å². The van der Waals surface area contributed by atoms with Crippen molar-refractivity contribution in [2.24, 2.45) is 0 Å². The van der Waals surface area contributed by atoms with E-state index in [0.717, 1.165) is 10.0 Å². The summed E-state index contributed by atoms with van der Waals surface area (Å²) in [6.45, 7) is 0.696. The van der Waals surface area contributed by atoms with Gasteiger partial charge in [0.1, 0.15) is 11.6 Å². The first-order valence-electron chi connectivity index (χ1n) is 3.86. The zero-order valence-corrected chi connectivity index (χ0v) is 8.73. The molecule has 2 aromatic rings. The lowest BCUT2D eigenvalue weighted by Crippen LogP contribution is -1.96. The Morgan fingerprint density at radius 1 is 1.50 bits per heavy atom. The zero-order chi connectivity index (χ0) is 9.80. The molecule has 0 atom stereocenters. The third kappa shape index (κ3) is 2.07. The van der Waals surface area contributed by atoms with Crippen LogP contribution in [-0.2, 0) is 6.54 Å². The van der Waals surface area contributed by atoms with Gasteiger partial charge in [0.2, 0.25) is 5.13 Å². The van der Waals surface area contributed by atoms with Crippen molar-refractivity contribution in [1.29, 1.82) is 5.26 Å². The monoisotopic (exact) mass is 222 g/mol. The summed E-state index contributed by atoms with van der Waals surface area (Å²) in [5, 5.41) is 22.0. The minimum atomic E-state index is 0.696. The summed E-state index contributed by atoms with van der Waals surface area (Å²) in [5.74, 6) is 0. The van der Waals surface area contributed by atoms with Gasteiger partial charge in [-0.05, 0) is 6.07 Å². The first-order valence-corrected chi connectivity index (χ1v) is 5.62. The summed E-state index contributed by atoms with van der Waals surface area (Å²) >= 11 is 3.03. The fourth-order valence-electron chi connectivity index (χ4n) is 0.945. The van der Waals surface area contributed by atoms with Crippen molar-refractivity contribution in [2.75, 3.05) is 5.32 Å². The maximum atomic E-state index is 8.62. The molecule has 0 aliphatic heterocycles. The highest BCUT2D eigenvalue weighted by Gasteiger charge is 2.00. The predicted octanol–water partition coefficient (Wildman–Crippen LogP) is 2.08. The lowest BCUT2D eigenvalue weighted by molar-refractivity contribution is 1.06. The number of thiophene rings is 1. The SMILES string of the molecule is N#Cc1csc(CNc2nncs2)c1. The summed E-state index contributed by atoms with van der Waals surface area (Å²) in [5.41, 5.74) is 2.39. The molecular formula is C8H6N4S2. The van der Waals surface area contributed by atoms with Gasteiger partial charge in [0.05, 0.1) is 12.1 Å². The molecule has 2 rings (SSSR count). The van der Waals surface area contributed by atoms with Crippen molar-refractivity contribution in [3.63, 3.8) is 0 Å².